The Labute approximate surface area is 220 Å². The molecule has 2 aromatic carbocycles. The van der Waals surface area contributed by atoms with Crippen LogP contribution in [0, 0.1) is 5.82 Å². The van der Waals surface area contributed by atoms with E-state index < -0.39 is 33.9 Å². The Morgan fingerprint density at radius 3 is 2.55 bits per heavy atom. The normalized spacial score (nSPS) is 19.5. The number of carboxylic acids is 1. The second kappa shape index (κ2) is 9.85. The van der Waals surface area contributed by atoms with Crippen LogP contribution in [-0.4, -0.2) is 52.3 Å². The van der Waals surface area contributed by atoms with E-state index in [4.69, 9.17) is 4.74 Å². The maximum Gasteiger partial charge on any atom is 0.309 e. The second-order valence-corrected chi connectivity index (χ2v) is 11.6. The van der Waals surface area contributed by atoms with E-state index in [1.807, 2.05) is 13.8 Å². The quantitative estimate of drug-likeness (QED) is 0.396. The van der Waals surface area contributed by atoms with E-state index in [0.29, 0.717) is 39.9 Å². The molecule has 2 heterocycles. The van der Waals surface area contributed by atoms with Crippen LogP contribution in [0.4, 0.5) is 4.39 Å². The van der Waals surface area contributed by atoms with Gasteiger partial charge in [-0.1, -0.05) is 24.3 Å². The largest absolute Gasteiger partial charge is 0.491 e. The van der Waals surface area contributed by atoms with Gasteiger partial charge in [0.2, 0.25) is 10.0 Å². The lowest BCUT2D eigenvalue weighted by molar-refractivity contribution is -0.136. The summed E-state index contributed by atoms with van der Waals surface area (Å²) in [6.07, 6.45) is 6.89. The fraction of sp³-hybridized carbons (Fsp3) is 0.286. The molecule has 38 heavy (non-hydrogen) atoms. The van der Waals surface area contributed by atoms with Crippen molar-refractivity contribution < 1.29 is 27.4 Å². The first-order chi connectivity index (χ1) is 18.1. The number of ether oxygens (including phenoxy) is 1. The number of aromatic nitrogens is 2. The summed E-state index contributed by atoms with van der Waals surface area (Å²) >= 11 is 0. The number of allylic oxidation sites excluding steroid dienone is 4. The van der Waals surface area contributed by atoms with E-state index in [-0.39, 0.29) is 24.0 Å². The number of rotatable bonds is 9. The molecule has 1 N–H and O–H groups in total. The first kappa shape index (κ1) is 25.9. The molecule has 2 aliphatic rings. The van der Waals surface area contributed by atoms with Gasteiger partial charge < -0.3 is 9.84 Å². The van der Waals surface area contributed by atoms with Gasteiger partial charge in [0.15, 0.2) is 0 Å². The van der Waals surface area contributed by atoms with Gasteiger partial charge >= 0.3 is 5.97 Å². The van der Waals surface area contributed by atoms with E-state index in [1.165, 1.54) is 28.6 Å². The molecule has 0 radical (unpaired) electrons. The fourth-order valence-electron chi connectivity index (χ4n) is 5.02. The predicted octanol–water partition coefficient (Wildman–Crippen LogP) is 4.73. The number of nitrogens with zero attached hydrogens (tertiary/aromatic N) is 3. The lowest BCUT2D eigenvalue weighted by Gasteiger charge is -2.22. The maximum absolute atomic E-state index is 15.1. The zero-order valence-corrected chi connectivity index (χ0v) is 21.9. The lowest BCUT2D eigenvalue weighted by Crippen LogP contribution is -2.34. The zero-order chi connectivity index (χ0) is 27.2. The number of carboxylic acid groups (broad SMARTS) is 1. The van der Waals surface area contributed by atoms with Gasteiger partial charge in [-0.05, 0) is 62.2 Å². The van der Waals surface area contributed by atoms with Gasteiger partial charge in [0.25, 0.3) is 0 Å². The number of sulfonamides is 1. The molecule has 0 spiro atoms. The van der Waals surface area contributed by atoms with E-state index in [2.05, 4.69) is 11.7 Å². The number of fused-ring (bicyclic) bond motifs is 1. The smallest absolute Gasteiger partial charge is 0.309 e. The molecule has 0 amide bonds. The first-order valence-corrected chi connectivity index (χ1v) is 13.8. The summed E-state index contributed by atoms with van der Waals surface area (Å²) in [4.78, 5) is 11.7. The van der Waals surface area contributed by atoms with Crippen molar-refractivity contribution >= 4 is 32.5 Å². The van der Waals surface area contributed by atoms with Gasteiger partial charge in [0.05, 0.1) is 34.7 Å². The number of benzene rings is 2. The van der Waals surface area contributed by atoms with Gasteiger partial charge in [0, 0.05) is 23.5 Å². The summed E-state index contributed by atoms with van der Waals surface area (Å²) in [7, 11) is -3.91. The molecule has 0 bridgehead atoms. The van der Waals surface area contributed by atoms with Crippen molar-refractivity contribution in [1.29, 1.82) is 0 Å². The van der Waals surface area contributed by atoms with Crippen LogP contribution in [-0.2, 0) is 21.2 Å². The Bertz CT molecular complexity index is 1590. The molecule has 1 fully saturated rings. The second-order valence-electron chi connectivity index (χ2n) is 9.67. The summed E-state index contributed by atoms with van der Waals surface area (Å²) in [5.74, 6) is -0.946. The summed E-state index contributed by atoms with van der Waals surface area (Å²) in [5.41, 5.74) is 1.75. The van der Waals surface area contributed by atoms with Crippen LogP contribution in [0.2, 0.25) is 0 Å². The van der Waals surface area contributed by atoms with Crippen molar-refractivity contribution in [3.05, 3.63) is 84.4 Å². The Morgan fingerprint density at radius 2 is 1.97 bits per heavy atom. The molecule has 1 aliphatic heterocycles. The summed E-state index contributed by atoms with van der Waals surface area (Å²) in [6.45, 7) is 7.70. The molecule has 198 valence electrons. The van der Waals surface area contributed by atoms with Crippen molar-refractivity contribution in [2.75, 3.05) is 6.54 Å². The van der Waals surface area contributed by atoms with Crippen LogP contribution in [0.25, 0.3) is 16.5 Å². The van der Waals surface area contributed by atoms with Crippen molar-refractivity contribution in [2.24, 2.45) is 0 Å². The minimum absolute atomic E-state index is 0.0437. The van der Waals surface area contributed by atoms with Crippen molar-refractivity contribution in [3.8, 4) is 5.75 Å². The number of hydrogen-bond acceptors (Lipinski definition) is 5. The van der Waals surface area contributed by atoms with Crippen LogP contribution in [0.15, 0.2) is 72.2 Å². The SMILES string of the molecule is C=C[C@H]1C[C@@H](n2nc(CC(=O)O)c3ccc(F)c(C4=CC=C4)c32)CN1S(=O)(=O)c1ccc(OC(C)C)cc1. The average molecular weight is 538 g/mol. The Hall–Kier alpha value is -3.76. The molecular formula is C28H28FN3O5S. The third-order valence-corrected chi connectivity index (χ3v) is 8.65. The Morgan fingerprint density at radius 1 is 1.26 bits per heavy atom. The first-order valence-electron chi connectivity index (χ1n) is 12.3. The van der Waals surface area contributed by atoms with Crippen LogP contribution in [0.5, 0.6) is 5.75 Å². The minimum atomic E-state index is -3.91. The molecular weight excluding hydrogens is 509 g/mol. The number of hydrogen-bond donors (Lipinski definition) is 1. The van der Waals surface area contributed by atoms with Crippen LogP contribution in [0.3, 0.4) is 0 Å². The summed E-state index contributed by atoms with van der Waals surface area (Å²) in [6, 6.07) is 8.12. The minimum Gasteiger partial charge on any atom is -0.491 e. The zero-order valence-electron chi connectivity index (χ0n) is 21.0. The standard InChI is InChI=1S/C28H28FN3O5S/c1-4-19-14-20(16-31(19)38(35,36)22-10-8-21(9-11-22)37-17(2)3)32-28-23(25(30-32)15-26(33)34)12-13-24(29)27(28)18-6-5-7-18/h4-13,17,19-20H,1,14-16H2,2-3H3,(H,33,34)/t19-,20+/m0/s1. The van der Waals surface area contributed by atoms with Crippen molar-refractivity contribution in [1.82, 2.24) is 14.1 Å². The summed E-state index contributed by atoms with van der Waals surface area (Å²) < 4.78 is 51.0. The van der Waals surface area contributed by atoms with Gasteiger partial charge in [-0.2, -0.15) is 9.40 Å². The number of aliphatic carboxylic acids is 1. The highest BCUT2D eigenvalue weighted by molar-refractivity contribution is 7.89. The Balaban J connectivity index is 1.55. The number of halogens is 1. The molecule has 5 rings (SSSR count). The monoisotopic (exact) mass is 537 g/mol. The van der Waals surface area contributed by atoms with E-state index in [9.17, 15) is 18.3 Å². The van der Waals surface area contributed by atoms with Crippen LogP contribution >= 0.6 is 0 Å². The topological polar surface area (TPSA) is 102 Å². The number of carbonyl (C=O) groups is 1. The van der Waals surface area contributed by atoms with Crippen LogP contribution < -0.4 is 4.74 Å². The third kappa shape index (κ3) is 4.54. The highest BCUT2D eigenvalue weighted by atomic mass is 32.2. The molecule has 8 nitrogen and oxygen atoms in total. The highest BCUT2D eigenvalue weighted by Crippen LogP contribution is 2.39. The summed E-state index contributed by atoms with van der Waals surface area (Å²) in [5, 5.41) is 14.6. The molecule has 1 saturated heterocycles. The lowest BCUT2D eigenvalue weighted by atomic mass is 9.95. The Kier molecular flexibility index (Phi) is 6.70. The van der Waals surface area contributed by atoms with Gasteiger partial charge in [0.1, 0.15) is 11.6 Å². The molecule has 3 aromatic rings. The van der Waals surface area contributed by atoms with E-state index in [1.54, 1.807) is 41.1 Å². The van der Waals surface area contributed by atoms with Gasteiger partial charge in [-0.15, -0.1) is 6.58 Å². The average Bonchev–Trinajstić information content (AvgIpc) is 3.41. The van der Waals surface area contributed by atoms with Gasteiger partial charge in [-0.25, -0.2) is 12.8 Å². The molecule has 10 heteroatoms. The maximum atomic E-state index is 15.1. The molecule has 1 aromatic heterocycles. The van der Waals surface area contributed by atoms with E-state index in [0.717, 1.165) is 0 Å². The molecule has 2 atom stereocenters. The van der Waals surface area contributed by atoms with E-state index >= 15 is 4.39 Å². The molecule has 0 saturated carbocycles. The fourth-order valence-corrected chi connectivity index (χ4v) is 6.67. The molecule has 1 aliphatic carbocycles. The van der Waals surface area contributed by atoms with Crippen molar-refractivity contribution in [3.63, 3.8) is 0 Å². The van der Waals surface area contributed by atoms with Gasteiger partial charge in [-0.3, -0.25) is 9.48 Å². The highest BCUT2D eigenvalue weighted by Gasteiger charge is 2.41. The van der Waals surface area contributed by atoms with Crippen molar-refractivity contribution in [2.45, 2.75) is 49.8 Å². The third-order valence-electron chi connectivity index (χ3n) is 6.75. The van der Waals surface area contributed by atoms with Crippen LogP contribution in [0.1, 0.15) is 37.6 Å². The predicted molar refractivity (Wildman–Crippen MR) is 142 cm³/mol. The molecule has 0 unspecified atom stereocenters.